The minimum Gasteiger partial charge on any atom is -0.483 e. The van der Waals surface area contributed by atoms with Gasteiger partial charge in [0.1, 0.15) is 17.2 Å². The molecule has 2 aliphatic heterocycles. The minimum absolute atomic E-state index is 0.00923. The zero-order valence-electron chi connectivity index (χ0n) is 18.9. The quantitative estimate of drug-likeness (QED) is 0.452. The van der Waals surface area contributed by atoms with Crippen LogP contribution in [0.25, 0.3) is 0 Å². The number of hydrogen-bond acceptors (Lipinski definition) is 8. The van der Waals surface area contributed by atoms with Crippen molar-refractivity contribution in [1.29, 1.82) is 0 Å². The van der Waals surface area contributed by atoms with E-state index in [2.05, 4.69) is 4.98 Å². The number of halogens is 1. The fourth-order valence-electron chi connectivity index (χ4n) is 4.88. The molecule has 0 saturated heterocycles. The van der Waals surface area contributed by atoms with Gasteiger partial charge in [-0.2, -0.15) is 0 Å². The average Bonchev–Trinajstić information content (AvgIpc) is 3.36. The van der Waals surface area contributed by atoms with Crippen molar-refractivity contribution < 1.29 is 28.2 Å². The first-order chi connectivity index (χ1) is 16.3. The van der Waals surface area contributed by atoms with Crippen molar-refractivity contribution in [3.05, 3.63) is 51.7 Å². The number of nitrogens with zero attached hydrogens (tertiary/aromatic N) is 2. The van der Waals surface area contributed by atoms with Gasteiger partial charge in [0.05, 0.1) is 30.3 Å². The number of aromatic nitrogens is 1. The summed E-state index contributed by atoms with van der Waals surface area (Å²) in [5, 5.41) is 0.277. The monoisotopic (exact) mass is 502 g/mol. The molecule has 3 aliphatic rings. The third kappa shape index (κ3) is 3.63. The lowest BCUT2D eigenvalue weighted by atomic mass is 9.77. The van der Waals surface area contributed by atoms with E-state index in [1.807, 2.05) is 30.5 Å². The van der Waals surface area contributed by atoms with Gasteiger partial charge in [-0.15, -0.1) is 11.8 Å². The maximum absolute atomic E-state index is 14.2. The Bertz CT molecular complexity index is 1210. The first-order valence-corrected chi connectivity index (χ1v) is 13.0. The molecule has 3 heterocycles. The zero-order chi connectivity index (χ0) is 24.1. The Morgan fingerprint density at radius 3 is 2.68 bits per heavy atom. The number of rotatable bonds is 4. The van der Waals surface area contributed by atoms with Crippen LogP contribution in [-0.2, 0) is 19.1 Å². The molecule has 10 heteroatoms. The number of carbonyl (C=O) groups excluding carboxylic acids is 3. The Kier molecular flexibility index (Phi) is 5.97. The molecular formula is C24H23FN2O5S2. The summed E-state index contributed by atoms with van der Waals surface area (Å²) >= 11 is 2.61. The van der Waals surface area contributed by atoms with E-state index in [0.29, 0.717) is 24.1 Å². The van der Waals surface area contributed by atoms with Crippen molar-refractivity contribution in [2.24, 2.45) is 5.92 Å². The Labute approximate surface area is 204 Å². The number of thiazole rings is 1. The predicted molar refractivity (Wildman–Crippen MR) is 126 cm³/mol. The molecule has 1 aromatic heterocycles. The summed E-state index contributed by atoms with van der Waals surface area (Å²) < 4.78 is 25.1. The summed E-state index contributed by atoms with van der Waals surface area (Å²) in [6.07, 6.45) is 1.18. The van der Waals surface area contributed by atoms with Crippen LogP contribution >= 0.6 is 23.1 Å². The van der Waals surface area contributed by atoms with Gasteiger partial charge >= 0.3 is 5.97 Å². The number of benzene rings is 1. The summed E-state index contributed by atoms with van der Waals surface area (Å²) in [6.45, 7) is 1.67. The third-order valence-corrected chi connectivity index (χ3v) is 8.46. The van der Waals surface area contributed by atoms with E-state index in [-0.39, 0.29) is 33.5 Å². The number of fused-ring (bicyclic) bond motifs is 1. The second-order valence-corrected chi connectivity index (χ2v) is 10.4. The number of hydrogen-bond donors (Lipinski definition) is 0. The molecule has 178 valence electrons. The van der Waals surface area contributed by atoms with Crippen LogP contribution in [0.2, 0.25) is 0 Å². The Balaban J connectivity index is 1.63. The molecular weight excluding hydrogens is 479 g/mol. The lowest BCUT2D eigenvalue weighted by Crippen LogP contribution is -2.42. The number of thioether (sulfide) groups is 1. The van der Waals surface area contributed by atoms with E-state index in [4.69, 9.17) is 9.47 Å². The summed E-state index contributed by atoms with van der Waals surface area (Å²) in [7, 11) is 1.28. The highest BCUT2D eigenvalue weighted by Gasteiger charge is 2.54. The number of ether oxygens (including phenoxy) is 2. The van der Waals surface area contributed by atoms with Crippen LogP contribution in [0.4, 0.5) is 9.52 Å². The number of carbonyl (C=O) groups is 3. The minimum atomic E-state index is -1.06. The summed E-state index contributed by atoms with van der Waals surface area (Å²) in [4.78, 5) is 46.7. The topological polar surface area (TPSA) is 85.8 Å². The van der Waals surface area contributed by atoms with Crippen molar-refractivity contribution in [3.63, 3.8) is 0 Å². The number of esters is 1. The molecule has 1 saturated carbocycles. The molecule has 1 aliphatic carbocycles. The van der Waals surface area contributed by atoms with E-state index in [9.17, 15) is 18.8 Å². The molecule has 1 aromatic carbocycles. The summed E-state index contributed by atoms with van der Waals surface area (Å²) in [6, 6.07) is 6.80. The van der Waals surface area contributed by atoms with Crippen molar-refractivity contribution in [1.82, 2.24) is 4.98 Å². The van der Waals surface area contributed by atoms with Crippen LogP contribution < -0.4 is 4.90 Å². The van der Waals surface area contributed by atoms with Gasteiger partial charge in [-0.1, -0.05) is 23.5 Å². The van der Waals surface area contributed by atoms with Crippen molar-refractivity contribution in [2.75, 3.05) is 18.3 Å². The molecule has 0 spiro atoms. The van der Waals surface area contributed by atoms with Gasteiger partial charge in [0.25, 0.3) is 5.91 Å². The van der Waals surface area contributed by atoms with E-state index >= 15 is 0 Å². The van der Waals surface area contributed by atoms with Gasteiger partial charge in [-0.25, -0.2) is 14.2 Å². The third-order valence-electron chi connectivity index (χ3n) is 6.58. The molecule has 0 radical (unpaired) electrons. The maximum atomic E-state index is 14.2. The standard InChI is InChI=1S/C24H23FN2O5S2/c1-11-21(23(30)31-2)34-24(26-11)27-18(12-4-7-14(33-3)8-5-12)17-19(28)15-10-13(25)6-9-16(15)32-20(17)22(27)29/h4-5,7-8,13,15-16,18H,6,9-10H2,1-3H3. The first-order valence-electron chi connectivity index (χ1n) is 11.0. The molecule has 7 nitrogen and oxygen atoms in total. The smallest absolute Gasteiger partial charge is 0.350 e. The summed E-state index contributed by atoms with van der Waals surface area (Å²) in [5.41, 5.74) is 1.39. The van der Waals surface area contributed by atoms with E-state index < -0.39 is 36.1 Å². The van der Waals surface area contributed by atoms with Gasteiger partial charge in [0, 0.05) is 4.90 Å². The number of Topliss-reactive ketones (excluding diaryl/α,β-unsaturated/α-hetero) is 1. The van der Waals surface area contributed by atoms with Gasteiger partial charge in [-0.05, 0) is 50.1 Å². The molecule has 0 N–H and O–H groups in total. The lowest BCUT2D eigenvalue weighted by Gasteiger charge is -2.36. The molecule has 4 atom stereocenters. The lowest BCUT2D eigenvalue weighted by molar-refractivity contribution is -0.133. The van der Waals surface area contributed by atoms with Crippen LogP contribution in [-0.4, -0.2) is 48.3 Å². The van der Waals surface area contributed by atoms with Crippen molar-refractivity contribution >= 4 is 45.9 Å². The molecule has 5 rings (SSSR count). The first kappa shape index (κ1) is 23.0. The number of anilines is 1. The second-order valence-electron chi connectivity index (χ2n) is 8.53. The predicted octanol–water partition coefficient (Wildman–Crippen LogP) is 4.41. The molecule has 4 unspecified atom stereocenters. The molecule has 0 bridgehead atoms. The van der Waals surface area contributed by atoms with Gasteiger partial charge in [-0.3, -0.25) is 14.5 Å². The highest BCUT2D eigenvalue weighted by atomic mass is 32.2. The van der Waals surface area contributed by atoms with Crippen LogP contribution in [0.3, 0.4) is 0 Å². The zero-order valence-corrected chi connectivity index (χ0v) is 20.5. The van der Waals surface area contributed by atoms with Crippen LogP contribution in [0.5, 0.6) is 0 Å². The van der Waals surface area contributed by atoms with Crippen molar-refractivity contribution in [3.8, 4) is 0 Å². The Hall–Kier alpha value is -2.72. The molecule has 2 aromatic rings. The van der Waals surface area contributed by atoms with Crippen molar-refractivity contribution in [2.45, 2.75) is 49.4 Å². The van der Waals surface area contributed by atoms with Crippen LogP contribution in [0, 0.1) is 12.8 Å². The molecule has 34 heavy (non-hydrogen) atoms. The Morgan fingerprint density at radius 2 is 2.00 bits per heavy atom. The van der Waals surface area contributed by atoms with Crippen LogP contribution in [0.15, 0.2) is 40.5 Å². The van der Waals surface area contributed by atoms with E-state index in [1.165, 1.54) is 12.0 Å². The molecule has 1 fully saturated rings. The van der Waals surface area contributed by atoms with E-state index in [0.717, 1.165) is 16.2 Å². The Morgan fingerprint density at radius 1 is 1.26 bits per heavy atom. The largest absolute Gasteiger partial charge is 0.483 e. The normalized spacial score (nSPS) is 26.3. The molecule has 1 amide bonds. The number of ketones is 1. The van der Waals surface area contributed by atoms with Gasteiger partial charge in [0.15, 0.2) is 16.7 Å². The fraction of sp³-hybridized carbons (Fsp3) is 0.417. The highest BCUT2D eigenvalue weighted by molar-refractivity contribution is 7.98. The second kappa shape index (κ2) is 8.81. The van der Waals surface area contributed by atoms with Gasteiger partial charge < -0.3 is 9.47 Å². The number of methoxy groups -OCH3 is 1. The average molecular weight is 503 g/mol. The maximum Gasteiger partial charge on any atom is 0.350 e. The summed E-state index contributed by atoms with van der Waals surface area (Å²) in [5.74, 6) is -1.88. The van der Waals surface area contributed by atoms with Gasteiger partial charge in [0.2, 0.25) is 0 Å². The fourth-order valence-corrected chi connectivity index (χ4v) is 6.30. The number of aryl methyl sites for hydroxylation is 1. The SMILES string of the molecule is COC(=O)c1sc(N2C(=O)C3=C(C(=O)C4CC(F)CCC4O3)C2c2ccc(SC)cc2)nc1C. The van der Waals surface area contributed by atoms with Crippen LogP contribution in [0.1, 0.15) is 46.2 Å². The van der Waals surface area contributed by atoms with E-state index in [1.54, 1.807) is 18.7 Å². The number of amides is 1. The number of alkyl halides is 1. The highest BCUT2D eigenvalue weighted by Crippen LogP contribution is 2.49.